The van der Waals surface area contributed by atoms with E-state index in [1.165, 1.54) is 12.5 Å². The maximum atomic E-state index is 11.5. The second kappa shape index (κ2) is 5.72. The monoisotopic (exact) mass is 247 g/mol. The number of benzene rings is 1. The Kier molecular flexibility index (Phi) is 3.80. The molecule has 0 bridgehead atoms. The highest BCUT2D eigenvalue weighted by Crippen LogP contribution is 2.13. The zero-order valence-corrected chi connectivity index (χ0v) is 9.63. The summed E-state index contributed by atoms with van der Waals surface area (Å²) in [5.41, 5.74) is 6.75. The van der Waals surface area contributed by atoms with Crippen LogP contribution in [0.1, 0.15) is 6.42 Å². The second-order valence-corrected chi connectivity index (χ2v) is 3.63. The maximum absolute atomic E-state index is 11.5. The Morgan fingerprint density at radius 1 is 1.39 bits per heavy atom. The molecular formula is C12H13N3O3. The molecule has 0 saturated heterocycles. The normalized spacial score (nSPS) is 10.0. The summed E-state index contributed by atoms with van der Waals surface area (Å²) < 4.78 is 9.99. The summed E-state index contributed by atoms with van der Waals surface area (Å²) in [7, 11) is 0. The molecule has 1 heterocycles. The summed E-state index contributed by atoms with van der Waals surface area (Å²) in [6.07, 6.45) is 3.03. The number of nitrogens with one attached hydrogen (secondary N) is 1. The first-order valence-corrected chi connectivity index (χ1v) is 5.41. The molecule has 3 N–H and O–H groups in total. The topological polar surface area (TPSA) is 90.4 Å². The van der Waals surface area contributed by atoms with Gasteiger partial charge in [0, 0.05) is 5.69 Å². The fourth-order valence-corrected chi connectivity index (χ4v) is 1.32. The van der Waals surface area contributed by atoms with E-state index < -0.39 is 0 Å². The smallest absolute Gasteiger partial charge is 0.227 e. The molecule has 1 aromatic heterocycles. The molecule has 6 heteroatoms. The van der Waals surface area contributed by atoms with Gasteiger partial charge in [-0.1, -0.05) is 5.16 Å². The van der Waals surface area contributed by atoms with Crippen molar-refractivity contribution in [2.45, 2.75) is 6.42 Å². The van der Waals surface area contributed by atoms with E-state index in [0.717, 1.165) is 0 Å². The van der Waals surface area contributed by atoms with Gasteiger partial charge in [-0.05, 0) is 24.3 Å². The molecule has 18 heavy (non-hydrogen) atoms. The number of hydrogen-bond acceptors (Lipinski definition) is 5. The third-order valence-electron chi connectivity index (χ3n) is 2.19. The van der Waals surface area contributed by atoms with E-state index in [9.17, 15) is 4.79 Å². The minimum absolute atomic E-state index is 0.159. The Morgan fingerprint density at radius 2 is 2.17 bits per heavy atom. The van der Waals surface area contributed by atoms with Gasteiger partial charge in [0.25, 0.3) is 0 Å². The van der Waals surface area contributed by atoms with Gasteiger partial charge in [0.05, 0.1) is 19.2 Å². The highest BCUT2D eigenvalue weighted by molar-refractivity contribution is 5.90. The molecule has 1 amide bonds. The average molecular weight is 247 g/mol. The van der Waals surface area contributed by atoms with Crippen molar-refractivity contribution < 1.29 is 14.1 Å². The second-order valence-electron chi connectivity index (χ2n) is 3.63. The summed E-state index contributed by atoms with van der Waals surface area (Å²) in [5.74, 6) is 0.524. The van der Waals surface area contributed by atoms with Crippen molar-refractivity contribution in [3.05, 3.63) is 36.7 Å². The number of carbonyl (C=O) groups excluding carboxylic acids is 1. The summed E-state index contributed by atoms with van der Waals surface area (Å²) in [4.78, 5) is 11.5. The van der Waals surface area contributed by atoms with Gasteiger partial charge in [-0.3, -0.25) is 4.79 Å². The Labute approximate surface area is 104 Å². The number of nitrogen functional groups attached to an aromatic ring is 1. The van der Waals surface area contributed by atoms with E-state index >= 15 is 0 Å². The molecule has 0 fully saturated rings. The summed E-state index contributed by atoms with van der Waals surface area (Å²) in [5, 5.41) is 6.10. The molecule has 6 nitrogen and oxygen atoms in total. The number of anilines is 2. The molecule has 0 aliphatic rings. The molecule has 0 saturated carbocycles. The Hall–Kier alpha value is -2.50. The summed E-state index contributed by atoms with van der Waals surface area (Å²) in [6.45, 7) is 0.293. The number of ether oxygens (including phenoxy) is 1. The molecule has 0 radical (unpaired) electrons. The minimum atomic E-state index is -0.159. The zero-order valence-electron chi connectivity index (χ0n) is 9.63. The number of nitrogens with two attached hydrogens (primary N) is 1. The zero-order chi connectivity index (χ0) is 12.8. The van der Waals surface area contributed by atoms with Crippen molar-refractivity contribution in [1.82, 2.24) is 5.16 Å². The van der Waals surface area contributed by atoms with Gasteiger partial charge in [0.1, 0.15) is 17.7 Å². The van der Waals surface area contributed by atoms with Gasteiger partial charge in [0.2, 0.25) is 5.91 Å². The number of aromatic nitrogens is 1. The lowest BCUT2D eigenvalue weighted by Gasteiger charge is -2.06. The summed E-state index contributed by atoms with van der Waals surface area (Å²) >= 11 is 0. The average Bonchev–Trinajstić information content (AvgIpc) is 2.84. The Morgan fingerprint density at radius 3 is 2.83 bits per heavy atom. The first kappa shape index (κ1) is 12.0. The number of hydrogen-bond donors (Lipinski definition) is 2. The van der Waals surface area contributed by atoms with Crippen molar-refractivity contribution >= 4 is 17.3 Å². The lowest BCUT2D eigenvalue weighted by molar-refractivity contribution is -0.116. The van der Waals surface area contributed by atoms with E-state index in [0.29, 0.717) is 23.7 Å². The van der Waals surface area contributed by atoms with E-state index in [-0.39, 0.29) is 12.3 Å². The van der Waals surface area contributed by atoms with Crippen LogP contribution in [0.2, 0.25) is 0 Å². The molecule has 0 spiro atoms. The van der Waals surface area contributed by atoms with E-state index in [1.807, 2.05) is 0 Å². The van der Waals surface area contributed by atoms with Crippen LogP contribution in [0.5, 0.6) is 5.75 Å². The van der Waals surface area contributed by atoms with Crippen molar-refractivity contribution in [2.75, 3.05) is 17.7 Å². The van der Waals surface area contributed by atoms with E-state index in [1.54, 1.807) is 24.3 Å². The van der Waals surface area contributed by atoms with Crippen LogP contribution in [0.3, 0.4) is 0 Å². The Balaban J connectivity index is 1.72. The molecule has 1 aromatic carbocycles. The van der Waals surface area contributed by atoms with E-state index in [4.69, 9.17) is 10.5 Å². The first-order chi connectivity index (χ1) is 8.74. The number of nitrogens with zero attached hydrogens (tertiary/aromatic N) is 1. The summed E-state index contributed by atoms with van der Waals surface area (Å²) in [6, 6.07) is 7.00. The third kappa shape index (κ3) is 3.51. The highest BCUT2D eigenvalue weighted by atomic mass is 16.5. The van der Waals surface area contributed by atoms with Gasteiger partial charge in [0.15, 0.2) is 0 Å². The van der Waals surface area contributed by atoms with Crippen molar-refractivity contribution in [3.63, 3.8) is 0 Å². The van der Waals surface area contributed by atoms with Crippen molar-refractivity contribution in [3.8, 4) is 5.75 Å². The van der Waals surface area contributed by atoms with Gasteiger partial charge in [-0.25, -0.2) is 0 Å². The molecule has 2 aromatic rings. The lowest BCUT2D eigenvalue weighted by Crippen LogP contribution is -2.14. The van der Waals surface area contributed by atoms with Crippen LogP contribution in [-0.2, 0) is 4.79 Å². The predicted molar refractivity (Wildman–Crippen MR) is 66.1 cm³/mol. The molecule has 0 aliphatic heterocycles. The van der Waals surface area contributed by atoms with Crippen LogP contribution in [0.25, 0.3) is 0 Å². The molecule has 0 atom stereocenters. The number of amides is 1. The van der Waals surface area contributed by atoms with Crippen LogP contribution in [0.15, 0.2) is 41.2 Å². The quantitative estimate of drug-likeness (QED) is 0.784. The van der Waals surface area contributed by atoms with Crippen LogP contribution >= 0.6 is 0 Å². The van der Waals surface area contributed by atoms with Crippen molar-refractivity contribution in [2.24, 2.45) is 0 Å². The molecular weight excluding hydrogens is 234 g/mol. The van der Waals surface area contributed by atoms with Crippen LogP contribution in [0.4, 0.5) is 11.4 Å². The molecule has 0 aliphatic carbocycles. The van der Waals surface area contributed by atoms with Gasteiger partial charge < -0.3 is 20.3 Å². The minimum Gasteiger partial charge on any atom is -0.493 e. The molecule has 0 unspecified atom stereocenters. The Bertz CT molecular complexity index is 494. The van der Waals surface area contributed by atoms with Gasteiger partial charge >= 0.3 is 0 Å². The SMILES string of the molecule is Nc1ccc(OCCC(=O)Nc2cnoc2)cc1. The van der Waals surface area contributed by atoms with Crippen LogP contribution in [0, 0.1) is 0 Å². The third-order valence-corrected chi connectivity index (χ3v) is 2.19. The molecule has 2 rings (SSSR count). The lowest BCUT2D eigenvalue weighted by atomic mass is 10.3. The van der Waals surface area contributed by atoms with Crippen LogP contribution < -0.4 is 15.8 Å². The van der Waals surface area contributed by atoms with Gasteiger partial charge in [-0.15, -0.1) is 0 Å². The van der Waals surface area contributed by atoms with Crippen molar-refractivity contribution in [1.29, 1.82) is 0 Å². The molecule has 94 valence electrons. The predicted octanol–water partition coefficient (Wildman–Crippen LogP) is 1.66. The van der Waals surface area contributed by atoms with Crippen LogP contribution in [-0.4, -0.2) is 17.7 Å². The largest absolute Gasteiger partial charge is 0.493 e. The highest BCUT2D eigenvalue weighted by Gasteiger charge is 2.04. The first-order valence-electron chi connectivity index (χ1n) is 5.41. The fourth-order valence-electron chi connectivity index (χ4n) is 1.32. The standard InChI is InChI=1S/C12H13N3O3/c13-9-1-3-11(4-2-9)17-6-5-12(16)15-10-7-14-18-8-10/h1-4,7-8H,5-6,13H2,(H,15,16). The number of carbonyl (C=O) groups is 1. The fraction of sp³-hybridized carbons (Fsp3) is 0.167. The van der Waals surface area contributed by atoms with Gasteiger partial charge in [-0.2, -0.15) is 0 Å². The maximum Gasteiger partial charge on any atom is 0.227 e. The van der Waals surface area contributed by atoms with E-state index in [2.05, 4.69) is 15.0 Å². The number of rotatable bonds is 5.